The minimum atomic E-state index is -0.207. The number of rotatable bonds is 4. The van der Waals surface area contributed by atoms with Gasteiger partial charge in [0.05, 0.1) is 0 Å². The van der Waals surface area contributed by atoms with Crippen molar-refractivity contribution in [1.29, 1.82) is 0 Å². The van der Waals surface area contributed by atoms with Crippen LogP contribution in [0.2, 0.25) is 0 Å². The average molecular weight is 299 g/mol. The first-order valence-electron chi connectivity index (χ1n) is 7.89. The molecule has 0 bridgehead atoms. The van der Waals surface area contributed by atoms with E-state index in [2.05, 4.69) is 27.8 Å². The highest BCUT2D eigenvalue weighted by Gasteiger charge is 2.15. The molecule has 2 heterocycles. The lowest BCUT2D eigenvalue weighted by Gasteiger charge is -2.34. The van der Waals surface area contributed by atoms with Crippen LogP contribution in [0.4, 0.5) is 4.39 Å². The molecule has 1 aliphatic rings. The molecule has 0 N–H and O–H groups in total. The highest BCUT2D eigenvalue weighted by Crippen LogP contribution is 2.20. The van der Waals surface area contributed by atoms with E-state index in [0.29, 0.717) is 0 Å². The first kappa shape index (κ1) is 15.1. The summed E-state index contributed by atoms with van der Waals surface area (Å²) in [5, 5.41) is 0. The van der Waals surface area contributed by atoms with Gasteiger partial charge < -0.3 is 4.90 Å². The molecule has 3 nitrogen and oxygen atoms in total. The van der Waals surface area contributed by atoms with Gasteiger partial charge in [0.1, 0.15) is 5.82 Å². The molecule has 0 radical (unpaired) electrons. The van der Waals surface area contributed by atoms with E-state index in [-0.39, 0.29) is 5.82 Å². The summed E-state index contributed by atoms with van der Waals surface area (Å²) in [5.41, 5.74) is 3.27. The van der Waals surface area contributed by atoms with Crippen LogP contribution in [-0.4, -0.2) is 47.5 Å². The number of pyridine rings is 1. The van der Waals surface area contributed by atoms with Gasteiger partial charge in [-0.15, -0.1) is 0 Å². The molecule has 1 fully saturated rings. The second-order valence-corrected chi connectivity index (χ2v) is 5.80. The van der Waals surface area contributed by atoms with Crippen molar-refractivity contribution in [3.05, 3.63) is 54.1 Å². The van der Waals surface area contributed by atoms with Crippen molar-refractivity contribution in [2.24, 2.45) is 0 Å². The van der Waals surface area contributed by atoms with E-state index in [9.17, 15) is 4.39 Å². The molecule has 1 aromatic carbocycles. The van der Waals surface area contributed by atoms with Crippen LogP contribution < -0.4 is 0 Å². The fourth-order valence-corrected chi connectivity index (χ4v) is 2.90. The van der Waals surface area contributed by atoms with E-state index in [0.717, 1.165) is 50.4 Å². The van der Waals surface area contributed by atoms with Gasteiger partial charge >= 0.3 is 0 Å². The predicted octanol–water partition coefficient (Wildman–Crippen LogP) is 3.03. The molecule has 0 aliphatic carbocycles. The Hall–Kier alpha value is -1.78. The van der Waals surface area contributed by atoms with Crippen molar-refractivity contribution in [2.75, 3.05) is 32.7 Å². The molecule has 1 aliphatic heterocycles. The van der Waals surface area contributed by atoms with E-state index in [1.807, 2.05) is 12.4 Å². The summed E-state index contributed by atoms with van der Waals surface area (Å²) in [6.07, 6.45) is 3.77. The molecule has 0 amide bonds. The summed E-state index contributed by atoms with van der Waals surface area (Å²) < 4.78 is 13.0. The highest BCUT2D eigenvalue weighted by atomic mass is 19.1. The van der Waals surface area contributed by atoms with E-state index < -0.39 is 0 Å². The van der Waals surface area contributed by atoms with Crippen molar-refractivity contribution in [3.63, 3.8) is 0 Å². The van der Waals surface area contributed by atoms with Crippen molar-refractivity contribution < 1.29 is 4.39 Å². The third-order valence-corrected chi connectivity index (χ3v) is 4.29. The lowest BCUT2D eigenvalue weighted by Crippen LogP contribution is -2.45. The largest absolute Gasteiger partial charge is 0.301 e. The summed E-state index contributed by atoms with van der Waals surface area (Å²) in [6.45, 7) is 8.77. The molecule has 1 saturated heterocycles. The van der Waals surface area contributed by atoms with Gasteiger partial charge in [0.25, 0.3) is 0 Å². The Morgan fingerprint density at radius 1 is 0.955 bits per heavy atom. The number of halogens is 1. The summed E-state index contributed by atoms with van der Waals surface area (Å²) in [7, 11) is 0. The third kappa shape index (κ3) is 3.70. The number of piperazine rings is 1. The number of nitrogens with zero attached hydrogens (tertiary/aromatic N) is 3. The maximum absolute atomic E-state index is 13.0. The molecular formula is C18H22FN3. The predicted molar refractivity (Wildman–Crippen MR) is 87.0 cm³/mol. The van der Waals surface area contributed by atoms with Crippen molar-refractivity contribution in [1.82, 2.24) is 14.8 Å². The van der Waals surface area contributed by atoms with Crippen LogP contribution >= 0.6 is 0 Å². The van der Waals surface area contributed by atoms with E-state index >= 15 is 0 Å². The zero-order valence-electron chi connectivity index (χ0n) is 13.0. The van der Waals surface area contributed by atoms with E-state index in [1.165, 1.54) is 17.7 Å². The standard InChI is InChI=1S/C18H22FN3/c1-2-21-7-9-22(10-8-21)14-15-11-17(13-20-12-15)16-3-5-18(19)6-4-16/h3-6,11-13H,2,7-10,14H2,1H3. The molecule has 0 atom stereocenters. The fourth-order valence-electron chi connectivity index (χ4n) is 2.90. The molecule has 3 rings (SSSR count). The van der Waals surface area contributed by atoms with Gasteiger partial charge in [-0.2, -0.15) is 0 Å². The Morgan fingerprint density at radius 2 is 1.64 bits per heavy atom. The SMILES string of the molecule is CCN1CCN(Cc2cncc(-c3ccc(F)cc3)c2)CC1. The summed E-state index contributed by atoms with van der Waals surface area (Å²) in [6, 6.07) is 8.75. The molecule has 0 unspecified atom stereocenters. The molecule has 0 spiro atoms. The Morgan fingerprint density at radius 3 is 2.32 bits per heavy atom. The Labute approximate surface area is 131 Å². The Bertz CT molecular complexity index is 604. The molecular weight excluding hydrogens is 277 g/mol. The van der Waals surface area contributed by atoms with Gasteiger partial charge in [-0.05, 0) is 35.9 Å². The maximum Gasteiger partial charge on any atom is 0.123 e. The Kier molecular flexibility index (Phi) is 4.80. The van der Waals surface area contributed by atoms with Gasteiger partial charge in [-0.3, -0.25) is 9.88 Å². The van der Waals surface area contributed by atoms with Gasteiger partial charge in [0.15, 0.2) is 0 Å². The average Bonchev–Trinajstić information content (AvgIpc) is 2.56. The molecule has 22 heavy (non-hydrogen) atoms. The van der Waals surface area contributed by atoms with E-state index in [1.54, 1.807) is 12.1 Å². The van der Waals surface area contributed by atoms with Crippen molar-refractivity contribution in [3.8, 4) is 11.1 Å². The number of hydrogen-bond donors (Lipinski definition) is 0. The number of hydrogen-bond acceptors (Lipinski definition) is 3. The Balaban J connectivity index is 1.68. The molecule has 4 heteroatoms. The van der Waals surface area contributed by atoms with Crippen LogP contribution in [0.25, 0.3) is 11.1 Å². The van der Waals surface area contributed by atoms with Crippen LogP contribution in [0.1, 0.15) is 12.5 Å². The maximum atomic E-state index is 13.0. The summed E-state index contributed by atoms with van der Waals surface area (Å²) >= 11 is 0. The molecule has 2 aromatic rings. The van der Waals surface area contributed by atoms with Crippen LogP contribution in [0, 0.1) is 5.82 Å². The van der Waals surface area contributed by atoms with Crippen LogP contribution in [0.15, 0.2) is 42.7 Å². The number of aromatic nitrogens is 1. The van der Waals surface area contributed by atoms with Gasteiger partial charge in [0, 0.05) is 50.7 Å². The normalized spacial score (nSPS) is 16.8. The minimum Gasteiger partial charge on any atom is -0.301 e. The molecule has 0 saturated carbocycles. The molecule has 116 valence electrons. The van der Waals surface area contributed by atoms with Crippen molar-refractivity contribution in [2.45, 2.75) is 13.5 Å². The molecule has 1 aromatic heterocycles. The lowest BCUT2D eigenvalue weighted by atomic mass is 10.1. The second-order valence-electron chi connectivity index (χ2n) is 5.80. The second kappa shape index (κ2) is 6.99. The number of benzene rings is 1. The minimum absolute atomic E-state index is 0.207. The van der Waals surface area contributed by atoms with Gasteiger partial charge in [-0.1, -0.05) is 19.1 Å². The monoisotopic (exact) mass is 299 g/mol. The topological polar surface area (TPSA) is 19.4 Å². The first-order chi connectivity index (χ1) is 10.7. The zero-order valence-corrected chi connectivity index (χ0v) is 13.0. The quantitative estimate of drug-likeness (QED) is 0.865. The van der Waals surface area contributed by atoms with Crippen LogP contribution in [-0.2, 0) is 6.54 Å². The fraction of sp³-hybridized carbons (Fsp3) is 0.389. The van der Waals surface area contributed by atoms with E-state index in [4.69, 9.17) is 0 Å². The van der Waals surface area contributed by atoms with Crippen molar-refractivity contribution >= 4 is 0 Å². The number of likely N-dealkylation sites (N-methyl/N-ethyl adjacent to an activating group) is 1. The zero-order chi connectivity index (χ0) is 15.4. The highest BCUT2D eigenvalue weighted by molar-refractivity contribution is 5.62. The van der Waals surface area contributed by atoms with Gasteiger partial charge in [0.2, 0.25) is 0 Å². The first-order valence-corrected chi connectivity index (χ1v) is 7.89. The lowest BCUT2D eigenvalue weighted by molar-refractivity contribution is 0.132. The summed E-state index contributed by atoms with van der Waals surface area (Å²) in [4.78, 5) is 9.29. The third-order valence-electron chi connectivity index (χ3n) is 4.29. The summed E-state index contributed by atoms with van der Waals surface area (Å²) in [5.74, 6) is -0.207. The van der Waals surface area contributed by atoms with Crippen LogP contribution in [0.5, 0.6) is 0 Å². The van der Waals surface area contributed by atoms with Gasteiger partial charge in [-0.25, -0.2) is 4.39 Å². The smallest absolute Gasteiger partial charge is 0.123 e. The van der Waals surface area contributed by atoms with Crippen LogP contribution in [0.3, 0.4) is 0 Å².